The number of rotatable bonds is 8. The average Bonchev–Trinajstić information content (AvgIpc) is 3.17. The molecule has 0 bridgehead atoms. The second-order valence-corrected chi connectivity index (χ2v) is 12.1. The van der Waals surface area contributed by atoms with Crippen molar-refractivity contribution in [2.75, 3.05) is 25.2 Å². The van der Waals surface area contributed by atoms with Gasteiger partial charge in [-0.25, -0.2) is 30.7 Å². The minimum absolute atomic E-state index is 0.0230. The summed E-state index contributed by atoms with van der Waals surface area (Å²) < 4.78 is 68.4. The summed E-state index contributed by atoms with van der Waals surface area (Å²) in [6.07, 6.45) is 0.345. The molecular weight excluding hydrogens is 511 g/mol. The molecule has 2 aromatic carbocycles. The lowest BCUT2D eigenvalue weighted by Crippen LogP contribution is -2.40. The lowest BCUT2D eigenvalue weighted by Gasteiger charge is -2.23. The van der Waals surface area contributed by atoms with E-state index in [0.717, 1.165) is 18.2 Å². The molecule has 1 atom stereocenters. The fourth-order valence-electron chi connectivity index (χ4n) is 3.26. The first-order valence-electron chi connectivity index (χ1n) is 10.0. The van der Waals surface area contributed by atoms with Gasteiger partial charge in [-0.1, -0.05) is 23.7 Å². The van der Waals surface area contributed by atoms with Gasteiger partial charge in [0.2, 0.25) is 10.0 Å². The molecule has 1 aliphatic heterocycles. The van der Waals surface area contributed by atoms with E-state index in [2.05, 4.69) is 4.72 Å². The van der Waals surface area contributed by atoms with E-state index < -0.39 is 50.2 Å². The van der Waals surface area contributed by atoms with E-state index in [-0.39, 0.29) is 33.5 Å². The highest BCUT2D eigenvalue weighted by Gasteiger charge is 2.33. The third-order valence-electron chi connectivity index (χ3n) is 5.33. The number of benzene rings is 2. The van der Waals surface area contributed by atoms with Crippen molar-refractivity contribution < 1.29 is 35.6 Å². The first-order valence-corrected chi connectivity index (χ1v) is 13.7. The highest BCUT2D eigenvalue weighted by atomic mass is 35.5. The molecule has 1 heterocycles. The number of sulfone groups is 1. The monoisotopic (exact) mass is 532 g/mol. The molecule has 9 nitrogen and oxygen atoms in total. The predicted octanol–water partition coefficient (Wildman–Crippen LogP) is 1.76. The molecule has 2 aromatic rings. The van der Waals surface area contributed by atoms with Crippen molar-refractivity contribution in [3.8, 4) is 0 Å². The average molecular weight is 533 g/mol. The van der Waals surface area contributed by atoms with Crippen molar-refractivity contribution in [2.24, 2.45) is 0 Å². The van der Waals surface area contributed by atoms with Crippen molar-refractivity contribution in [2.45, 2.75) is 23.9 Å². The van der Waals surface area contributed by atoms with Crippen molar-refractivity contribution in [1.82, 2.24) is 9.62 Å². The number of likely N-dealkylation sites (N-methyl/N-ethyl adjacent to an activating group) is 1. The smallest absolute Gasteiger partial charge is 0.338 e. The standard InChI is InChI=1S/C21H22ClFN2O7S2/c1-25(16-8-9-33(28,29)13-16)20(26)12-32-21(27)15-4-2-14(3-5-15)11-24-34(30,31)17-6-7-19(23)18(22)10-17/h2-7,10,16,24H,8-9,11-13H2,1H3/t16-/m1/s1. The van der Waals surface area contributed by atoms with Crippen LogP contribution >= 0.6 is 11.6 Å². The van der Waals surface area contributed by atoms with Crippen LogP contribution in [-0.2, 0) is 35.9 Å². The number of ether oxygens (including phenoxy) is 1. The van der Waals surface area contributed by atoms with Gasteiger partial charge in [-0.15, -0.1) is 0 Å². The molecule has 0 spiro atoms. The van der Waals surface area contributed by atoms with Gasteiger partial charge in [-0.2, -0.15) is 0 Å². The summed E-state index contributed by atoms with van der Waals surface area (Å²) in [5, 5.41) is -0.316. The van der Waals surface area contributed by atoms with Gasteiger partial charge < -0.3 is 9.64 Å². The zero-order chi connectivity index (χ0) is 25.1. The number of sulfonamides is 1. The minimum atomic E-state index is -3.94. The Morgan fingerprint density at radius 3 is 2.47 bits per heavy atom. The Balaban J connectivity index is 1.52. The number of esters is 1. The molecular formula is C21H22ClFN2O7S2. The highest BCUT2D eigenvalue weighted by molar-refractivity contribution is 7.91. The number of halogens is 2. The molecule has 34 heavy (non-hydrogen) atoms. The molecule has 1 saturated heterocycles. The summed E-state index contributed by atoms with van der Waals surface area (Å²) in [5.74, 6) is -2.09. The quantitative estimate of drug-likeness (QED) is 0.513. The second-order valence-electron chi connectivity index (χ2n) is 7.74. The van der Waals surface area contributed by atoms with Gasteiger partial charge in [0, 0.05) is 19.6 Å². The summed E-state index contributed by atoms with van der Waals surface area (Å²) in [5.41, 5.74) is 0.683. The van der Waals surface area contributed by atoms with Gasteiger partial charge in [0.25, 0.3) is 5.91 Å². The zero-order valence-corrected chi connectivity index (χ0v) is 20.4. The van der Waals surface area contributed by atoms with E-state index >= 15 is 0 Å². The van der Waals surface area contributed by atoms with Crippen LogP contribution in [0.2, 0.25) is 5.02 Å². The third-order valence-corrected chi connectivity index (χ3v) is 8.77. The van der Waals surface area contributed by atoms with Crippen molar-refractivity contribution >= 4 is 43.3 Å². The minimum Gasteiger partial charge on any atom is -0.452 e. The Morgan fingerprint density at radius 2 is 1.88 bits per heavy atom. The lowest BCUT2D eigenvalue weighted by molar-refractivity contribution is -0.134. The predicted molar refractivity (Wildman–Crippen MR) is 122 cm³/mol. The number of hydrogen-bond acceptors (Lipinski definition) is 7. The van der Waals surface area contributed by atoms with E-state index in [1.54, 1.807) is 0 Å². The first kappa shape index (κ1) is 26.1. The van der Waals surface area contributed by atoms with Crippen molar-refractivity contribution in [3.63, 3.8) is 0 Å². The number of hydrogen-bond donors (Lipinski definition) is 1. The van der Waals surface area contributed by atoms with Crippen LogP contribution in [0.3, 0.4) is 0 Å². The molecule has 0 aromatic heterocycles. The Labute approximate surface area is 201 Å². The summed E-state index contributed by atoms with van der Waals surface area (Å²) in [7, 11) is -5.62. The Bertz CT molecular complexity index is 1300. The summed E-state index contributed by atoms with van der Waals surface area (Å²) in [6.45, 7) is -0.631. The van der Waals surface area contributed by atoms with Crippen LogP contribution in [0.25, 0.3) is 0 Å². The highest BCUT2D eigenvalue weighted by Crippen LogP contribution is 2.20. The molecule has 0 aliphatic carbocycles. The molecule has 1 N–H and O–H groups in total. The van der Waals surface area contributed by atoms with Gasteiger partial charge in [-0.3, -0.25) is 4.79 Å². The SMILES string of the molecule is CN(C(=O)COC(=O)c1ccc(CNS(=O)(=O)c2ccc(F)c(Cl)c2)cc1)[C@@H]1CCS(=O)(=O)C1. The van der Waals surface area contributed by atoms with E-state index in [9.17, 15) is 30.8 Å². The largest absolute Gasteiger partial charge is 0.452 e. The topological polar surface area (TPSA) is 127 Å². The summed E-state index contributed by atoms with van der Waals surface area (Å²) >= 11 is 5.63. The van der Waals surface area contributed by atoms with E-state index in [0.29, 0.717) is 12.0 Å². The number of amides is 1. The zero-order valence-electron chi connectivity index (χ0n) is 18.0. The summed E-state index contributed by atoms with van der Waals surface area (Å²) in [4.78, 5) is 25.5. The van der Waals surface area contributed by atoms with Crippen LogP contribution in [0, 0.1) is 5.82 Å². The molecule has 1 fully saturated rings. The first-order chi connectivity index (χ1) is 15.9. The molecule has 1 aliphatic rings. The third kappa shape index (κ3) is 6.53. The van der Waals surface area contributed by atoms with E-state index in [1.807, 2.05) is 0 Å². The maximum atomic E-state index is 13.2. The van der Waals surface area contributed by atoms with Gasteiger partial charge in [0.1, 0.15) is 5.82 Å². The van der Waals surface area contributed by atoms with E-state index in [4.69, 9.17) is 16.3 Å². The molecule has 0 radical (unpaired) electrons. The van der Waals surface area contributed by atoms with Crippen molar-refractivity contribution in [1.29, 1.82) is 0 Å². The molecule has 184 valence electrons. The fraction of sp³-hybridized carbons (Fsp3) is 0.333. The van der Waals surface area contributed by atoms with Gasteiger partial charge in [0.15, 0.2) is 16.4 Å². The number of carbonyl (C=O) groups is 2. The summed E-state index contributed by atoms with van der Waals surface area (Å²) in [6, 6.07) is 8.45. The maximum absolute atomic E-state index is 13.2. The van der Waals surface area contributed by atoms with Crippen LogP contribution in [0.1, 0.15) is 22.3 Å². The maximum Gasteiger partial charge on any atom is 0.338 e. The van der Waals surface area contributed by atoms with Crippen LogP contribution in [0.5, 0.6) is 0 Å². The Kier molecular flexibility index (Phi) is 7.96. The van der Waals surface area contributed by atoms with Crippen LogP contribution in [0.15, 0.2) is 47.4 Å². The molecule has 3 rings (SSSR count). The Morgan fingerprint density at radius 1 is 1.21 bits per heavy atom. The van der Waals surface area contributed by atoms with Gasteiger partial charge >= 0.3 is 5.97 Å². The molecule has 0 saturated carbocycles. The van der Waals surface area contributed by atoms with E-state index in [1.165, 1.54) is 36.2 Å². The lowest BCUT2D eigenvalue weighted by atomic mass is 10.1. The van der Waals surface area contributed by atoms with Crippen LogP contribution in [0.4, 0.5) is 4.39 Å². The number of nitrogens with zero attached hydrogens (tertiary/aromatic N) is 1. The molecule has 1 amide bonds. The molecule has 0 unspecified atom stereocenters. The fourth-order valence-corrected chi connectivity index (χ4v) is 6.32. The normalized spacial score (nSPS) is 17.3. The second kappa shape index (κ2) is 10.4. The number of carbonyl (C=O) groups excluding carboxylic acids is 2. The Hall–Kier alpha value is -2.54. The van der Waals surface area contributed by atoms with Crippen LogP contribution < -0.4 is 4.72 Å². The van der Waals surface area contributed by atoms with Crippen LogP contribution in [-0.4, -0.2) is 64.8 Å². The molecule has 13 heteroatoms. The number of nitrogens with one attached hydrogen (secondary N) is 1. The van der Waals surface area contributed by atoms with Crippen molar-refractivity contribution in [3.05, 3.63) is 64.4 Å². The van der Waals surface area contributed by atoms with Gasteiger partial charge in [0.05, 0.1) is 27.0 Å². The van der Waals surface area contributed by atoms with Gasteiger partial charge in [-0.05, 0) is 42.3 Å².